The van der Waals surface area contributed by atoms with E-state index in [9.17, 15) is 14.7 Å². The number of hydrogen-bond donors (Lipinski definition) is 2. The van der Waals surface area contributed by atoms with Gasteiger partial charge in [-0.15, -0.1) is 5.10 Å². The van der Waals surface area contributed by atoms with Gasteiger partial charge in [0.1, 0.15) is 0 Å². The van der Waals surface area contributed by atoms with E-state index in [0.29, 0.717) is 23.6 Å². The summed E-state index contributed by atoms with van der Waals surface area (Å²) in [4.78, 5) is 24.6. The molecular formula is C26H36N4O3. The average molecular weight is 453 g/mol. The number of aromatic nitrogens is 3. The molecule has 2 N–H and O–H groups in total. The molecule has 0 bridgehead atoms. The van der Waals surface area contributed by atoms with Crippen LogP contribution in [-0.2, 0) is 9.59 Å². The second-order valence-electron chi connectivity index (χ2n) is 10.6. The number of aliphatic carboxylic acids is 1. The molecule has 0 radical (unpaired) electrons. The number of nitrogens with zero attached hydrogens (tertiary/aromatic N) is 3. The first-order valence-electron chi connectivity index (χ1n) is 12.2. The van der Waals surface area contributed by atoms with Gasteiger partial charge < -0.3 is 10.4 Å². The molecule has 1 heterocycles. The highest BCUT2D eigenvalue weighted by atomic mass is 16.4. The molecule has 0 spiro atoms. The Balaban J connectivity index is 1.52. The van der Waals surface area contributed by atoms with E-state index in [2.05, 4.69) is 34.2 Å². The Morgan fingerprint density at radius 1 is 1.18 bits per heavy atom. The summed E-state index contributed by atoms with van der Waals surface area (Å²) in [6, 6.07) is 6.22. The number of anilines is 1. The second kappa shape index (κ2) is 9.65. The van der Waals surface area contributed by atoms with Gasteiger partial charge in [-0.3, -0.25) is 9.59 Å². The normalized spacial score (nSPS) is 21.0. The summed E-state index contributed by atoms with van der Waals surface area (Å²) in [6.07, 6.45) is 5.57. The van der Waals surface area contributed by atoms with E-state index in [4.69, 9.17) is 0 Å². The lowest BCUT2D eigenvalue weighted by atomic mass is 9.75. The van der Waals surface area contributed by atoms with Gasteiger partial charge in [0, 0.05) is 23.9 Å². The number of nitrogens with one attached hydrogen (secondary N) is 1. The van der Waals surface area contributed by atoms with Gasteiger partial charge in [-0.2, -0.15) is 0 Å². The summed E-state index contributed by atoms with van der Waals surface area (Å²) in [6.45, 7) is 8.49. The minimum Gasteiger partial charge on any atom is -0.481 e. The monoisotopic (exact) mass is 452 g/mol. The van der Waals surface area contributed by atoms with Crippen LogP contribution in [0.2, 0.25) is 0 Å². The predicted molar refractivity (Wildman–Crippen MR) is 127 cm³/mol. The van der Waals surface area contributed by atoms with E-state index >= 15 is 0 Å². The standard InChI is InChI=1S/C26H36N4O3/c1-15(2)9-18-11-21(12-18)30-26(19-6-7-19)25(28-29-30)20(14-24(32)33)13-23(31)27-22-8-5-16(3)10-17(22)4/h5,8,10,15,18-21H,6-7,9,11-14H2,1-4H3,(H,27,31)(H,32,33)/t18?,20-,21?/m0/s1. The van der Waals surface area contributed by atoms with Crippen LogP contribution in [0.15, 0.2) is 18.2 Å². The molecule has 1 amide bonds. The molecule has 1 aromatic heterocycles. The number of hydrogen-bond acceptors (Lipinski definition) is 4. The highest BCUT2D eigenvalue weighted by Gasteiger charge is 2.40. The van der Waals surface area contributed by atoms with Crippen LogP contribution in [0.1, 0.15) is 99.2 Å². The van der Waals surface area contributed by atoms with Crippen molar-refractivity contribution in [3.05, 3.63) is 40.7 Å². The molecule has 4 rings (SSSR count). The average Bonchev–Trinajstić information content (AvgIpc) is 3.44. The minimum absolute atomic E-state index is 0.0820. The Kier molecular flexibility index (Phi) is 6.86. The summed E-state index contributed by atoms with van der Waals surface area (Å²) in [5.41, 5.74) is 4.67. The van der Waals surface area contributed by atoms with Crippen molar-refractivity contribution in [1.82, 2.24) is 15.0 Å². The lowest BCUT2D eigenvalue weighted by molar-refractivity contribution is -0.137. The molecule has 2 aromatic rings. The highest BCUT2D eigenvalue weighted by molar-refractivity contribution is 5.92. The molecule has 2 aliphatic carbocycles. The van der Waals surface area contributed by atoms with Crippen LogP contribution in [0.5, 0.6) is 0 Å². The Morgan fingerprint density at radius 2 is 1.91 bits per heavy atom. The number of benzene rings is 1. The maximum absolute atomic E-state index is 12.9. The summed E-state index contributed by atoms with van der Waals surface area (Å²) >= 11 is 0. The quantitative estimate of drug-likeness (QED) is 0.506. The van der Waals surface area contributed by atoms with Gasteiger partial charge in [0.05, 0.1) is 23.9 Å². The number of amides is 1. The van der Waals surface area contributed by atoms with Crippen LogP contribution in [-0.4, -0.2) is 32.0 Å². The van der Waals surface area contributed by atoms with Crippen LogP contribution >= 0.6 is 0 Å². The first-order valence-corrected chi connectivity index (χ1v) is 12.2. The van der Waals surface area contributed by atoms with Crippen molar-refractivity contribution in [2.45, 2.75) is 90.5 Å². The molecule has 33 heavy (non-hydrogen) atoms. The van der Waals surface area contributed by atoms with E-state index in [0.717, 1.165) is 54.1 Å². The van der Waals surface area contributed by atoms with Crippen molar-refractivity contribution in [1.29, 1.82) is 0 Å². The Bertz CT molecular complexity index is 1020. The van der Waals surface area contributed by atoms with E-state index in [-0.39, 0.29) is 18.7 Å². The maximum atomic E-state index is 12.9. The number of rotatable bonds is 10. The zero-order chi connectivity index (χ0) is 23.7. The van der Waals surface area contributed by atoms with E-state index in [1.165, 1.54) is 6.42 Å². The number of carbonyl (C=O) groups is 2. The molecule has 1 aromatic carbocycles. The van der Waals surface area contributed by atoms with Crippen LogP contribution in [0.3, 0.4) is 0 Å². The van der Waals surface area contributed by atoms with Crippen LogP contribution in [0, 0.1) is 25.7 Å². The number of carboxylic acids is 1. The lowest BCUT2D eigenvalue weighted by Crippen LogP contribution is -2.29. The van der Waals surface area contributed by atoms with Crippen molar-refractivity contribution < 1.29 is 14.7 Å². The SMILES string of the molecule is Cc1ccc(NC(=O)C[C@@H](CC(=O)O)c2nnn(C3CC(CC(C)C)C3)c2C2CC2)c(C)c1. The molecule has 2 saturated carbocycles. The molecule has 2 aliphatic rings. The third-order valence-electron chi connectivity index (χ3n) is 6.98. The van der Waals surface area contributed by atoms with Crippen LogP contribution in [0.25, 0.3) is 0 Å². The van der Waals surface area contributed by atoms with Gasteiger partial charge in [-0.1, -0.05) is 36.8 Å². The highest BCUT2D eigenvalue weighted by Crippen LogP contribution is 2.48. The van der Waals surface area contributed by atoms with Gasteiger partial charge in [0.25, 0.3) is 0 Å². The van der Waals surface area contributed by atoms with Crippen molar-refractivity contribution >= 4 is 17.6 Å². The summed E-state index contributed by atoms with van der Waals surface area (Å²) in [5, 5.41) is 21.5. The number of aryl methyl sites for hydroxylation is 2. The molecule has 0 saturated heterocycles. The molecule has 7 heteroatoms. The lowest BCUT2D eigenvalue weighted by Gasteiger charge is -2.37. The summed E-state index contributed by atoms with van der Waals surface area (Å²) in [5.74, 6) is 0.220. The maximum Gasteiger partial charge on any atom is 0.304 e. The van der Waals surface area contributed by atoms with Crippen molar-refractivity contribution in [3.63, 3.8) is 0 Å². The fourth-order valence-corrected chi connectivity index (χ4v) is 5.24. The molecular weight excluding hydrogens is 416 g/mol. The Labute approximate surface area is 196 Å². The fourth-order valence-electron chi connectivity index (χ4n) is 5.24. The van der Waals surface area contributed by atoms with E-state index < -0.39 is 11.9 Å². The summed E-state index contributed by atoms with van der Waals surface area (Å²) < 4.78 is 2.07. The van der Waals surface area contributed by atoms with Gasteiger partial charge in [-0.05, 0) is 69.4 Å². The van der Waals surface area contributed by atoms with Gasteiger partial charge >= 0.3 is 5.97 Å². The largest absolute Gasteiger partial charge is 0.481 e. The molecule has 178 valence electrons. The van der Waals surface area contributed by atoms with Crippen molar-refractivity contribution in [2.75, 3.05) is 5.32 Å². The molecule has 1 atom stereocenters. The molecule has 2 fully saturated rings. The van der Waals surface area contributed by atoms with Gasteiger partial charge in [0.15, 0.2) is 0 Å². The number of carboxylic acid groups (broad SMARTS) is 1. The topological polar surface area (TPSA) is 97.1 Å². The van der Waals surface area contributed by atoms with E-state index in [1.807, 2.05) is 32.0 Å². The zero-order valence-corrected chi connectivity index (χ0v) is 20.2. The number of carbonyl (C=O) groups excluding carboxylic acids is 1. The first kappa shape index (κ1) is 23.5. The van der Waals surface area contributed by atoms with Crippen LogP contribution in [0.4, 0.5) is 5.69 Å². The first-order chi connectivity index (χ1) is 15.7. The Morgan fingerprint density at radius 3 is 2.52 bits per heavy atom. The van der Waals surface area contributed by atoms with Gasteiger partial charge in [0.2, 0.25) is 5.91 Å². The zero-order valence-electron chi connectivity index (χ0n) is 20.2. The predicted octanol–water partition coefficient (Wildman–Crippen LogP) is 5.36. The van der Waals surface area contributed by atoms with Crippen molar-refractivity contribution in [3.8, 4) is 0 Å². The van der Waals surface area contributed by atoms with E-state index in [1.54, 1.807) is 0 Å². The van der Waals surface area contributed by atoms with Crippen LogP contribution < -0.4 is 5.32 Å². The molecule has 0 aliphatic heterocycles. The Hall–Kier alpha value is -2.70. The van der Waals surface area contributed by atoms with Gasteiger partial charge in [-0.25, -0.2) is 4.68 Å². The second-order valence-corrected chi connectivity index (χ2v) is 10.6. The molecule has 7 nitrogen and oxygen atoms in total. The smallest absolute Gasteiger partial charge is 0.304 e. The van der Waals surface area contributed by atoms with Crippen molar-refractivity contribution in [2.24, 2.45) is 11.8 Å². The third kappa shape index (κ3) is 5.63. The molecule has 0 unspecified atom stereocenters. The fraction of sp³-hybridized carbons (Fsp3) is 0.615. The minimum atomic E-state index is -0.920. The summed E-state index contributed by atoms with van der Waals surface area (Å²) in [7, 11) is 0. The third-order valence-corrected chi connectivity index (χ3v) is 6.98.